The first kappa shape index (κ1) is 25.4. The van der Waals surface area contributed by atoms with Crippen LogP contribution >= 0.6 is 0 Å². The number of esters is 1. The average Bonchev–Trinajstić information content (AvgIpc) is 2.82. The van der Waals surface area contributed by atoms with Crippen molar-refractivity contribution in [1.82, 2.24) is 0 Å². The number of carbonyl (C=O) groups is 1. The molecule has 0 fully saturated rings. The SMILES string of the molecule is C#Cc1ccc(C(=NOC)C(C)=NOCC2=C(C(=NOC)C(=O)OC)CC(C)=C(C)C2)cc1. The Morgan fingerprint density at radius 3 is 2.15 bits per heavy atom. The molecule has 0 saturated carbocycles. The summed E-state index contributed by atoms with van der Waals surface area (Å²) in [5.41, 5.74) is 6.66. The smallest absolute Gasteiger partial charge is 0.360 e. The highest BCUT2D eigenvalue weighted by atomic mass is 16.6. The molecule has 0 bridgehead atoms. The van der Waals surface area contributed by atoms with Crippen molar-refractivity contribution < 1.29 is 24.0 Å². The molecule has 8 heteroatoms. The Hall–Kier alpha value is -3.86. The standard InChI is InChI=1S/C25H29N3O5/c1-8-19-9-11-20(12-10-19)23(27-31-6)18(4)26-33-15-21-13-16(2)17(3)14-22(21)24(28-32-7)25(29)30-5/h1,9-12H,13-15H2,2-7H3. The van der Waals surface area contributed by atoms with Crippen LogP contribution in [-0.4, -0.2) is 51.0 Å². The lowest BCUT2D eigenvalue weighted by molar-refractivity contribution is -0.132. The minimum Gasteiger partial charge on any atom is -0.464 e. The third-order valence-corrected chi connectivity index (χ3v) is 5.21. The molecule has 33 heavy (non-hydrogen) atoms. The van der Waals surface area contributed by atoms with Crippen LogP contribution in [0.4, 0.5) is 0 Å². The molecule has 0 atom stereocenters. The molecule has 174 valence electrons. The molecule has 0 amide bonds. The number of carbonyl (C=O) groups excluding carboxylic acids is 1. The molecule has 1 aromatic rings. The van der Waals surface area contributed by atoms with E-state index in [1.54, 1.807) is 6.92 Å². The van der Waals surface area contributed by atoms with E-state index in [0.717, 1.165) is 27.8 Å². The van der Waals surface area contributed by atoms with E-state index in [0.29, 0.717) is 24.3 Å². The van der Waals surface area contributed by atoms with Crippen molar-refractivity contribution in [1.29, 1.82) is 0 Å². The van der Waals surface area contributed by atoms with Gasteiger partial charge in [0.15, 0.2) is 5.71 Å². The van der Waals surface area contributed by atoms with E-state index < -0.39 is 5.97 Å². The lowest BCUT2D eigenvalue weighted by Gasteiger charge is -2.22. The predicted octanol–water partition coefficient (Wildman–Crippen LogP) is 4.01. The number of methoxy groups -OCH3 is 1. The summed E-state index contributed by atoms with van der Waals surface area (Å²) < 4.78 is 4.88. The summed E-state index contributed by atoms with van der Waals surface area (Å²) in [5.74, 6) is 2.01. The van der Waals surface area contributed by atoms with E-state index in [4.69, 9.17) is 25.7 Å². The molecule has 1 aliphatic rings. The molecule has 0 saturated heterocycles. The second-order valence-electron chi connectivity index (χ2n) is 7.40. The first-order chi connectivity index (χ1) is 15.9. The number of ether oxygens (including phenoxy) is 1. The largest absolute Gasteiger partial charge is 0.464 e. The fraction of sp³-hybridized carbons (Fsp3) is 0.360. The summed E-state index contributed by atoms with van der Waals surface area (Å²) in [4.78, 5) is 27.8. The number of hydrogen-bond acceptors (Lipinski definition) is 8. The maximum absolute atomic E-state index is 12.3. The molecular formula is C25H29N3O5. The molecule has 0 heterocycles. The fourth-order valence-corrected chi connectivity index (χ4v) is 3.31. The van der Waals surface area contributed by atoms with E-state index in [1.165, 1.54) is 26.9 Å². The molecule has 0 radical (unpaired) electrons. The van der Waals surface area contributed by atoms with E-state index >= 15 is 0 Å². The number of benzene rings is 1. The zero-order chi connectivity index (χ0) is 24.4. The molecule has 2 rings (SSSR count). The number of hydrogen-bond donors (Lipinski definition) is 0. The van der Waals surface area contributed by atoms with Crippen LogP contribution in [0.2, 0.25) is 0 Å². The van der Waals surface area contributed by atoms with Gasteiger partial charge in [-0.25, -0.2) is 4.79 Å². The summed E-state index contributed by atoms with van der Waals surface area (Å²) in [5, 5.41) is 12.2. The molecule has 0 N–H and O–H groups in total. The molecule has 8 nitrogen and oxygen atoms in total. The van der Waals surface area contributed by atoms with Gasteiger partial charge in [-0.1, -0.05) is 44.7 Å². The highest BCUT2D eigenvalue weighted by molar-refractivity contribution is 6.47. The van der Waals surface area contributed by atoms with Crippen LogP contribution in [0.1, 0.15) is 44.7 Å². The second kappa shape index (κ2) is 12.2. The van der Waals surface area contributed by atoms with Gasteiger partial charge in [-0.15, -0.1) is 6.42 Å². The van der Waals surface area contributed by atoms with Gasteiger partial charge in [0, 0.05) is 11.1 Å². The van der Waals surface area contributed by atoms with Crippen molar-refractivity contribution in [2.75, 3.05) is 27.9 Å². The van der Waals surface area contributed by atoms with E-state index in [1.807, 2.05) is 31.2 Å². The molecule has 1 aromatic carbocycles. The Labute approximate surface area is 194 Å². The van der Waals surface area contributed by atoms with Gasteiger partial charge in [0.2, 0.25) is 0 Å². The summed E-state index contributed by atoms with van der Waals surface area (Å²) in [6.07, 6.45) is 6.60. The Morgan fingerprint density at radius 1 is 0.970 bits per heavy atom. The molecule has 1 aliphatic carbocycles. The van der Waals surface area contributed by atoms with Gasteiger partial charge < -0.3 is 19.2 Å². The quantitative estimate of drug-likeness (QED) is 0.186. The minimum atomic E-state index is -0.568. The summed E-state index contributed by atoms with van der Waals surface area (Å²) in [6.45, 7) is 6.00. The molecule has 0 unspecified atom stereocenters. The van der Waals surface area contributed by atoms with Crippen LogP contribution < -0.4 is 0 Å². The van der Waals surface area contributed by atoms with Gasteiger partial charge in [0.1, 0.15) is 32.2 Å². The van der Waals surface area contributed by atoms with E-state index in [-0.39, 0.29) is 12.3 Å². The van der Waals surface area contributed by atoms with Crippen molar-refractivity contribution in [3.05, 3.63) is 57.7 Å². The maximum atomic E-state index is 12.3. The Balaban J connectivity index is 2.30. The monoisotopic (exact) mass is 451 g/mol. The highest BCUT2D eigenvalue weighted by Gasteiger charge is 2.26. The number of rotatable bonds is 9. The summed E-state index contributed by atoms with van der Waals surface area (Å²) >= 11 is 0. The number of allylic oxidation sites excluding steroid dienone is 2. The van der Waals surface area contributed by atoms with Gasteiger partial charge in [-0.3, -0.25) is 0 Å². The highest BCUT2D eigenvalue weighted by Crippen LogP contribution is 2.31. The first-order valence-electron chi connectivity index (χ1n) is 10.3. The number of nitrogens with zero attached hydrogens (tertiary/aromatic N) is 3. The molecular weight excluding hydrogens is 422 g/mol. The second-order valence-corrected chi connectivity index (χ2v) is 7.40. The van der Waals surface area contributed by atoms with Gasteiger partial charge in [0.25, 0.3) is 0 Å². The van der Waals surface area contributed by atoms with Crippen LogP contribution in [0.3, 0.4) is 0 Å². The number of terminal acetylenes is 1. The average molecular weight is 452 g/mol. The summed E-state index contributed by atoms with van der Waals surface area (Å²) in [6, 6.07) is 7.31. The van der Waals surface area contributed by atoms with Crippen LogP contribution in [0, 0.1) is 12.3 Å². The van der Waals surface area contributed by atoms with Crippen molar-refractivity contribution in [3.63, 3.8) is 0 Å². The lowest BCUT2D eigenvalue weighted by Crippen LogP contribution is -2.23. The third-order valence-electron chi connectivity index (χ3n) is 5.21. The topological polar surface area (TPSA) is 91.1 Å². The zero-order valence-corrected chi connectivity index (χ0v) is 19.9. The Bertz CT molecular complexity index is 1070. The Morgan fingerprint density at radius 2 is 1.58 bits per heavy atom. The number of oxime groups is 3. The van der Waals surface area contributed by atoms with E-state index in [2.05, 4.69) is 28.3 Å². The zero-order valence-electron chi connectivity index (χ0n) is 19.9. The maximum Gasteiger partial charge on any atom is 0.360 e. The van der Waals surface area contributed by atoms with Crippen LogP contribution in [0.5, 0.6) is 0 Å². The van der Waals surface area contributed by atoms with Crippen molar-refractivity contribution in [2.24, 2.45) is 15.5 Å². The van der Waals surface area contributed by atoms with Crippen LogP contribution in [0.25, 0.3) is 0 Å². The lowest BCUT2D eigenvalue weighted by atomic mass is 9.85. The summed E-state index contributed by atoms with van der Waals surface area (Å²) in [7, 11) is 4.16. The first-order valence-corrected chi connectivity index (χ1v) is 10.3. The molecule has 0 aliphatic heterocycles. The Kier molecular flexibility index (Phi) is 9.43. The van der Waals surface area contributed by atoms with Gasteiger partial charge in [0.05, 0.1) is 7.11 Å². The normalized spacial score (nSPS) is 15.2. The van der Waals surface area contributed by atoms with Crippen molar-refractivity contribution in [3.8, 4) is 12.3 Å². The predicted molar refractivity (Wildman–Crippen MR) is 128 cm³/mol. The van der Waals surface area contributed by atoms with Gasteiger partial charge >= 0.3 is 5.97 Å². The van der Waals surface area contributed by atoms with Crippen molar-refractivity contribution >= 4 is 23.1 Å². The molecule has 0 spiro atoms. The third kappa shape index (κ3) is 6.56. The molecule has 0 aromatic heterocycles. The van der Waals surface area contributed by atoms with Gasteiger partial charge in [-0.2, -0.15) is 0 Å². The minimum absolute atomic E-state index is 0.126. The van der Waals surface area contributed by atoms with Crippen LogP contribution in [-0.2, 0) is 24.0 Å². The van der Waals surface area contributed by atoms with E-state index in [9.17, 15) is 4.79 Å². The van der Waals surface area contributed by atoms with Gasteiger partial charge in [-0.05, 0) is 56.9 Å². The van der Waals surface area contributed by atoms with Crippen molar-refractivity contribution in [2.45, 2.75) is 33.6 Å². The van der Waals surface area contributed by atoms with Crippen LogP contribution in [0.15, 0.2) is 62.0 Å². The fourth-order valence-electron chi connectivity index (χ4n) is 3.31.